The van der Waals surface area contributed by atoms with Gasteiger partial charge in [-0.05, 0) is 0 Å². The molecule has 0 aliphatic heterocycles. The summed E-state index contributed by atoms with van der Waals surface area (Å²) in [6.45, 7) is 3.59. The monoisotopic (exact) mass is 370 g/mol. The summed E-state index contributed by atoms with van der Waals surface area (Å²) in [6, 6.07) is 0. The molecule has 0 saturated heterocycles. The molecule has 0 saturated carbocycles. The van der Waals surface area contributed by atoms with Crippen molar-refractivity contribution >= 4 is 19.9 Å². The SMILES string of the molecule is CCC(C)(O)/C(Cl)=[CH]\[Hg][Cl]. The topological polar surface area (TPSA) is 20.2 Å². The van der Waals surface area contributed by atoms with E-state index in [1.54, 1.807) is 6.92 Å². The Labute approximate surface area is 82.3 Å². The van der Waals surface area contributed by atoms with E-state index in [2.05, 4.69) is 0 Å². The van der Waals surface area contributed by atoms with Crippen molar-refractivity contribution < 1.29 is 28.4 Å². The van der Waals surface area contributed by atoms with Crippen molar-refractivity contribution in [3.63, 3.8) is 0 Å². The van der Waals surface area contributed by atoms with E-state index in [-0.39, 0.29) is 0 Å². The van der Waals surface area contributed by atoms with Gasteiger partial charge in [0.1, 0.15) is 0 Å². The fourth-order valence-electron chi connectivity index (χ4n) is 0.456. The van der Waals surface area contributed by atoms with Gasteiger partial charge in [0.15, 0.2) is 0 Å². The number of aliphatic hydroxyl groups is 1. The zero-order valence-corrected chi connectivity index (χ0v) is 13.2. The first-order valence-corrected chi connectivity index (χ1v) is 13.5. The second kappa shape index (κ2) is 4.97. The fraction of sp³-hybridized carbons (Fsp3) is 0.667. The molecule has 10 heavy (non-hydrogen) atoms. The van der Waals surface area contributed by atoms with Gasteiger partial charge in [0.2, 0.25) is 0 Å². The van der Waals surface area contributed by atoms with Crippen LogP contribution in [0.25, 0.3) is 0 Å². The molecule has 0 aliphatic rings. The summed E-state index contributed by atoms with van der Waals surface area (Å²) in [5.41, 5.74) is -0.851. The van der Waals surface area contributed by atoms with Crippen molar-refractivity contribution in [3.8, 4) is 0 Å². The minimum atomic E-state index is -1.33. The van der Waals surface area contributed by atoms with Crippen molar-refractivity contribution in [3.05, 3.63) is 8.62 Å². The minimum absolute atomic E-state index is 0.520. The summed E-state index contributed by atoms with van der Waals surface area (Å²) in [5, 5.41) is 10.0. The van der Waals surface area contributed by atoms with E-state index in [0.29, 0.717) is 11.5 Å². The summed E-state index contributed by atoms with van der Waals surface area (Å²) < 4.78 is 1.83. The Morgan fingerprint density at radius 3 is 2.60 bits per heavy atom. The van der Waals surface area contributed by atoms with E-state index in [0.717, 1.165) is 0 Å². The van der Waals surface area contributed by atoms with Gasteiger partial charge >= 0.3 is 82.8 Å². The molecule has 1 N–H and O–H groups in total. The molecule has 56 valence electrons. The first kappa shape index (κ1) is 11.2. The molecule has 1 atom stereocenters. The van der Waals surface area contributed by atoms with E-state index < -0.39 is 28.9 Å². The van der Waals surface area contributed by atoms with Gasteiger partial charge < -0.3 is 0 Å². The van der Waals surface area contributed by atoms with E-state index in [9.17, 15) is 5.11 Å². The normalized spacial score (nSPS) is 17.9. The van der Waals surface area contributed by atoms with Crippen LogP contribution in [0.2, 0.25) is 0 Å². The zero-order valence-electron chi connectivity index (χ0n) is 6.19. The Morgan fingerprint density at radius 2 is 2.30 bits per heavy atom. The predicted octanol–water partition coefficient (Wildman–Crippen LogP) is 2.46. The van der Waals surface area contributed by atoms with Gasteiger partial charge in [0.05, 0.1) is 0 Å². The van der Waals surface area contributed by atoms with Gasteiger partial charge in [-0.2, -0.15) is 0 Å². The van der Waals surface area contributed by atoms with Crippen molar-refractivity contribution in [2.75, 3.05) is 0 Å². The average molecular weight is 370 g/mol. The molecule has 0 radical (unpaired) electrons. The molecule has 0 aromatic carbocycles. The van der Waals surface area contributed by atoms with Gasteiger partial charge in [0.25, 0.3) is 0 Å². The molecular formula is C6H10Cl2HgO. The van der Waals surface area contributed by atoms with Crippen molar-refractivity contribution in [1.82, 2.24) is 0 Å². The molecule has 0 fully saturated rings. The van der Waals surface area contributed by atoms with Gasteiger partial charge in [-0.25, -0.2) is 0 Å². The molecular weight excluding hydrogens is 360 g/mol. The quantitative estimate of drug-likeness (QED) is 0.758. The molecule has 0 heterocycles. The molecule has 0 bridgehead atoms. The molecule has 1 nitrogen and oxygen atoms in total. The van der Waals surface area contributed by atoms with Crippen molar-refractivity contribution in [1.29, 1.82) is 0 Å². The van der Waals surface area contributed by atoms with Crippen molar-refractivity contribution in [2.45, 2.75) is 25.9 Å². The zero-order chi connectivity index (χ0) is 8.20. The predicted molar refractivity (Wildman–Crippen MR) is 40.7 cm³/mol. The van der Waals surface area contributed by atoms with Crippen LogP contribution in [0.5, 0.6) is 0 Å². The maximum atomic E-state index is 9.50. The van der Waals surface area contributed by atoms with Crippen LogP contribution < -0.4 is 0 Å². The molecule has 4 heteroatoms. The molecule has 0 spiro atoms. The summed E-state index contributed by atoms with van der Waals surface area (Å²) in [5.74, 6) is 0. The maximum absolute atomic E-state index is 9.50. The molecule has 1 unspecified atom stereocenters. The second-order valence-corrected chi connectivity index (χ2v) is 8.24. The molecule has 0 aromatic heterocycles. The van der Waals surface area contributed by atoms with Crippen LogP contribution in [-0.4, -0.2) is 10.7 Å². The molecule has 0 aromatic rings. The standard InChI is InChI=1S/C6H10ClO.ClH.Hg/c1-4-6(3,8)5(2)7;;/h2,8H,4H2,1,3H3;1H;/q;;+1/p-1. The van der Waals surface area contributed by atoms with Crippen LogP contribution in [-0.2, 0) is 23.3 Å². The number of hydrogen-bond acceptors (Lipinski definition) is 1. The Morgan fingerprint density at radius 1 is 1.80 bits per heavy atom. The van der Waals surface area contributed by atoms with Gasteiger partial charge in [-0.15, -0.1) is 0 Å². The Kier molecular flexibility index (Phi) is 5.57. The van der Waals surface area contributed by atoms with Crippen LogP contribution in [0, 0.1) is 0 Å². The molecule has 0 amide bonds. The van der Waals surface area contributed by atoms with E-state index in [1.807, 2.05) is 10.5 Å². The number of rotatable bonds is 3. The third-order valence-electron chi connectivity index (χ3n) is 1.46. The fourth-order valence-corrected chi connectivity index (χ4v) is 5.55. The third-order valence-corrected chi connectivity index (χ3v) is 6.57. The van der Waals surface area contributed by atoms with E-state index >= 15 is 0 Å². The van der Waals surface area contributed by atoms with E-state index in [4.69, 9.17) is 19.9 Å². The first-order chi connectivity index (χ1) is 4.54. The average Bonchev–Trinajstić information content (AvgIpc) is 1.89. The second-order valence-electron chi connectivity index (χ2n) is 2.33. The van der Waals surface area contributed by atoms with Crippen LogP contribution in [0.15, 0.2) is 8.62 Å². The van der Waals surface area contributed by atoms with Crippen LogP contribution in [0.3, 0.4) is 0 Å². The Balaban J connectivity index is 4.17. The summed E-state index contributed by atoms with van der Waals surface area (Å²) in [4.78, 5) is 0. The summed E-state index contributed by atoms with van der Waals surface area (Å²) >= 11 is 4.42. The van der Waals surface area contributed by atoms with Crippen LogP contribution in [0.4, 0.5) is 0 Å². The van der Waals surface area contributed by atoms with E-state index in [1.165, 1.54) is 0 Å². The number of hydrogen-bond donors (Lipinski definition) is 1. The third kappa shape index (κ3) is 3.56. The summed E-state index contributed by atoms with van der Waals surface area (Å²) in [7, 11) is 5.61. The van der Waals surface area contributed by atoms with Crippen LogP contribution in [0.1, 0.15) is 20.3 Å². The van der Waals surface area contributed by atoms with Gasteiger partial charge in [0, 0.05) is 0 Å². The summed E-state index contributed by atoms with van der Waals surface area (Å²) in [6.07, 6.45) is 0.632. The van der Waals surface area contributed by atoms with Gasteiger partial charge in [-0.3, -0.25) is 0 Å². The molecule has 0 aliphatic carbocycles. The van der Waals surface area contributed by atoms with Crippen LogP contribution >= 0.6 is 19.9 Å². The molecule has 0 rings (SSSR count). The van der Waals surface area contributed by atoms with Crippen molar-refractivity contribution in [2.24, 2.45) is 0 Å². The first-order valence-electron chi connectivity index (χ1n) is 3.19. The van der Waals surface area contributed by atoms with Gasteiger partial charge in [-0.1, -0.05) is 0 Å². The Bertz CT molecular complexity index is 134. The Hall–Kier alpha value is 1.22. The number of halogens is 2.